The van der Waals surface area contributed by atoms with E-state index in [0.717, 1.165) is 10.9 Å². The van der Waals surface area contributed by atoms with Crippen LogP contribution in [0.25, 0.3) is 11.0 Å². The summed E-state index contributed by atoms with van der Waals surface area (Å²) in [5.41, 5.74) is 2.13. The normalized spacial score (nSPS) is 11.7. The molecule has 140 valence electrons. The fourth-order valence-electron chi connectivity index (χ4n) is 2.80. The van der Waals surface area contributed by atoms with E-state index in [1.807, 2.05) is 25.1 Å². The van der Waals surface area contributed by atoms with Gasteiger partial charge in [-0.15, -0.1) is 0 Å². The molecule has 1 amide bonds. The number of carbonyl (C=O) groups is 1. The molecule has 0 atom stereocenters. The van der Waals surface area contributed by atoms with Crippen molar-refractivity contribution < 1.29 is 18.0 Å². The van der Waals surface area contributed by atoms with E-state index in [1.54, 1.807) is 36.6 Å². The van der Waals surface area contributed by atoms with Crippen LogP contribution in [0.5, 0.6) is 0 Å². The lowest BCUT2D eigenvalue weighted by atomic mass is 10.1. The van der Waals surface area contributed by atoms with Crippen LogP contribution in [0.4, 0.5) is 10.1 Å². The minimum absolute atomic E-state index is 0.115. The third-order valence-electron chi connectivity index (χ3n) is 4.30. The highest BCUT2D eigenvalue weighted by atomic mass is 19.1. The number of nitrogens with one attached hydrogen (secondary N) is 1. The van der Waals surface area contributed by atoms with Gasteiger partial charge in [-0.1, -0.05) is 24.3 Å². The first-order valence-corrected chi connectivity index (χ1v) is 8.74. The van der Waals surface area contributed by atoms with Gasteiger partial charge in [0.2, 0.25) is 5.55 Å². The van der Waals surface area contributed by atoms with Gasteiger partial charge in [-0.3, -0.25) is 4.79 Å². The second-order valence-corrected chi connectivity index (χ2v) is 6.31. The number of hydrogen-bond donors (Lipinski definition) is 1. The van der Waals surface area contributed by atoms with E-state index >= 15 is 0 Å². The SMILES string of the molecule is Cc1ccc(F)cc1N=c1oc2ccccc2cc1C(=O)NCc1ccco1. The summed E-state index contributed by atoms with van der Waals surface area (Å²) in [5, 5.41) is 3.56. The summed E-state index contributed by atoms with van der Waals surface area (Å²) in [5.74, 6) is -0.141. The molecule has 0 bridgehead atoms. The Balaban J connectivity index is 1.81. The van der Waals surface area contributed by atoms with Crippen molar-refractivity contribution in [2.24, 2.45) is 4.99 Å². The summed E-state index contributed by atoms with van der Waals surface area (Å²) in [6, 6.07) is 16.9. The smallest absolute Gasteiger partial charge is 0.257 e. The number of para-hydroxylation sites is 1. The monoisotopic (exact) mass is 376 g/mol. The fourth-order valence-corrected chi connectivity index (χ4v) is 2.80. The third kappa shape index (κ3) is 3.71. The van der Waals surface area contributed by atoms with Gasteiger partial charge in [0.25, 0.3) is 5.91 Å². The van der Waals surface area contributed by atoms with Crippen LogP contribution < -0.4 is 10.9 Å². The van der Waals surface area contributed by atoms with Crippen molar-refractivity contribution in [2.45, 2.75) is 13.5 Å². The van der Waals surface area contributed by atoms with Gasteiger partial charge in [0.1, 0.15) is 22.7 Å². The molecule has 4 aromatic rings. The lowest BCUT2D eigenvalue weighted by Crippen LogP contribution is -2.28. The first kappa shape index (κ1) is 17.7. The van der Waals surface area contributed by atoms with Crippen molar-refractivity contribution in [1.82, 2.24) is 5.32 Å². The van der Waals surface area contributed by atoms with Crippen LogP contribution in [-0.4, -0.2) is 5.91 Å². The Labute approximate surface area is 160 Å². The number of carbonyl (C=O) groups excluding carboxylic acids is 1. The van der Waals surface area contributed by atoms with E-state index in [9.17, 15) is 9.18 Å². The molecule has 2 aromatic heterocycles. The van der Waals surface area contributed by atoms with Gasteiger partial charge >= 0.3 is 0 Å². The first-order valence-electron chi connectivity index (χ1n) is 8.74. The Hall–Kier alpha value is -3.67. The van der Waals surface area contributed by atoms with E-state index in [1.165, 1.54) is 12.1 Å². The van der Waals surface area contributed by atoms with E-state index < -0.39 is 5.82 Å². The van der Waals surface area contributed by atoms with Crippen molar-refractivity contribution in [2.75, 3.05) is 0 Å². The molecule has 6 heteroatoms. The molecule has 0 saturated carbocycles. The number of furan rings is 1. The molecule has 2 aromatic carbocycles. The average Bonchev–Trinajstić information content (AvgIpc) is 3.22. The molecule has 0 fully saturated rings. The van der Waals surface area contributed by atoms with Crippen molar-refractivity contribution in [3.8, 4) is 0 Å². The number of hydrogen-bond acceptors (Lipinski definition) is 4. The van der Waals surface area contributed by atoms with Gasteiger partial charge in [0.05, 0.1) is 18.5 Å². The predicted molar refractivity (Wildman–Crippen MR) is 102 cm³/mol. The van der Waals surface area contributed by atoms with Crippen LogP contribution in [0.1, 0.15) is 21.7 Å². The minimum atomic E-state index is -0.408. The topological polar surface area (TPSA) is 67.7 Å². The van der Waals surface area contributed by atoms with Crippen molar-refractivity contribution >= 4 is 22.6 Å². The van der Waals surface area contributed by atoms with Gasteiger partial charge in [-0.25, -0.2) is 9.38 Å². The number of benzene rings is 2. The molecule has 0 aliphatic heterocycles. The molecule has 0 saturated heterocycles. The lowest BCUT2D eigenvalue weighted by molar-refractivity contribution is 0.0944. The standard InChI is InChI=1S/C22H17FN2O3/c1-14-8-9-16(23)12-19(14)25-22-18(11-15-5-2-3-7-20(15)28-22)21(26)24-13-17-6-4-10-27-17/h2-12H,13H2,1H3,(H,24,26). The van der Waals surface area contributed by atoms with Gasteiger partial charge in [0, 0.05) is 5.39 Å². The van der Waals surface area contributed by atoms with Gasteiger partial charge in [0.15, 0.2) is 0 Å². The zero-order chi connectivity index (χ0) is 19.5. The van der Waals surface area contributed by atoms with Crippen molar-refractivity contribution in [1.29, 1.82) is 0 Å². The number of nitrogens with zero attached hydrogens (tertiary/aromatic N) is 1. The first-order chi connectivity index (χ1) is 13.6. The van der Waals surface area contributed by atoms with Crippen LogP contribution >= 0.6 is 0 Å². The van der Waals surface area contributed by atoms with E-state index in [2.05, 4.69) is 10.3 Å². The lowest BCUT2D eigenvalue weighted by Gasteiger charge is -2.06. The average molecular weight is 376 g/mol. The van der Waals surface area contributed by atoms with Crippen LogP contribution in [0.2, 0.25) is 0 Å². The third-order valence-corrected chi connectivity index (χ3v) is 4.30. The van der Waals surface area contributed by atoms with Gasteiger partial charge in [-0.2, -0.15) is 0 Å². The molecule has 4 rings (SSSR count). The highest BCUT2D eigenvalue weighted by molar-refractivity contribution is 5.96. The Morgan fingerprint density at radius 3 is 2.79 bits per heavy atom. The fraction of sp³-hybridized carbons (Fsp3) is 0.0909. The molecule has 5 nitrogen and oxygen atoms in total. The number of aryl methyl sites for hydroxylation is 1. The molecule has 0 unspecified atom stereocenters. The Morgan fingerprint density at radius 2 is 1.96 bits per heavy atom. The summed E-state index contributed by atoms with van der Waals surface area (Å²) in [6.07, 6.45) is 1.54. The Kier molecular flexibility index (Phi) is 4.76. The zero-order valence-corrected chi connectivity index (χ0v) is 15.1. The summed E-state index contributed by atoms with van der Waals surface area (Å²) in [7, 11) is 0. The zero-order valence-electron chi connectivity index (χ0n) is 15.1. The highest BCUT2D eigenvalue weighted by Gasteiger charge is 2.13. The molecule has 0 aliphatic carbocycles. The number of fused-ring (bicyclic) bond motifs is 1. The van der Waals surface area contributed by atoms with Crippen LogP contribution in [0.15, 0.2) is 80.8 Å². The minimum Gasteiger partial charge on any atom is -0.467 e. The molecular weight excluding hydrogens is 359 g/mol. The van der Waals surface area contributed by atoms with E-state index in [-0.39, 0.29) is 23.6 Å². The van der Waals surface area contributed by atoms with Crippen LogP contribution in [0, 0.1) is 12.7 Å². The molecule has 0 radical (unpaired) electrons. The van der Waals surface area contributed by atoms with Crippen molar-refractivity contribution in [3.63, 3.8) is 0 Å². The number of amides is 1. The maximum Gasteiger partial charge on any atom is 0.257 e. The second-order valence-electron chi connectivity index (χ2n) is 6.31. The molecule has 28 heavy (non-hydrogen) atoms. The van der Waals surface area contributed by atoms with E-state index in [0.29, 0.717) is 17.0 Å². The molecule has 2 heterocycles. The van der Waals surface area contributed by atoms with Crippen molar-refractivity contribution in [3.05, 3.63) is 95.2 Å². The molecule has 0 aliphatic rings. The Bertz CT molecular complexity index is 1210. The number of halogens is 1. The maximum atomic E-state index is 13.7. The summed E-state index contributed by atoms with van der Waals surface area (Å²) in [4.78, 5) is 17.2. The summed E-state index contributed by atoms with van der Waals surface area (Å²) in [6.45, 7) is 2.05. The summed E-state index contributed by atoms with van der Waals surface area (Å²) < 4.78 is 24.8. The van der Waals surface area contributed by atoms with Gasteiger partial charge < -0.3 is 14.2 Å². The number of rotatable bonds is 4. The molecular formula is C22H17FN2O3. The molecule has 1 N–H and O–H groups in total. The summed E-state index contributed by atoms with van der Waals surface area (Å²) >= 11 is 0. The highest BCUT2D eigenvalue weighted by Crippen LogP contribution is 2.20. The van der Waals surface area contributed by atoms with Gasteiger partial charge in [-0.05, 0) is 48.9 Å². The van der Waals surface area contributed by atoms with Crippen LogP contribution in [0.3, 0.4) is 0 Å². The van der Waals surface area contributed by atoms with Crippen LogP contribution in [-0.2, 0) is 6.54 Å². The Morgan fingerprint density at radius 1 is 1.11 bits per heavy atom. The molecule has 0 spiro atoms. The second kappa shape index (κ2) is 7.52. The largest absolute Gasteiger partial charge is 0.467 e. The predicted octanol–water partition coefficient (Wildman–Crippen LogP) is 4.64. The quantitative estimate of drug-likeness (QED) is 0.564. The maximum absolute atomic E-state index is 13.7. The van der Waals surface area contributed by atoms with E-state index in [4.69, 9.17) is 8.83 Å².